The molecule has 0 unspecified atom stereocenters. The molecular formula is C15H9Cl2N3O2. The van der Waals surface area contributed by atoms with Crippen LogP contribution in [0.2, 0.25) is 10.0 Å². The second kappa shape index (κ2) is 5.79. The summed E-state index contributed by atoms with van der Waals surface area (Å²) in [5, 5.41) is 10.1. The molecule has 0 aliphatic rings. The van der Waals surface area contributed by atoms with Gasteiger partial charge in [-0.1, -0.05) is 35.3 Å². The van der Waals surface area contributed by atoms with Crippen LogP contribution in [-0.2, 0) is 0 Å². The summed E-state index contributed by atoms with van der Waals surface area (Å²) in [5.74, 6) is -0.642. The van der Waals surface area contributed by atoms with Crippen molar-refractivity contribution in [3.05, 3.63) is 68.4 Å². The number of amides is 1. The molecule has 5 nitrogen and oxygen atoms in total. The first kappa shape index (κ1) is 14.6. The van der Waals surface area contributed by atoms with E-state index in [0.29, 0.717) is 26.6 Å². The molecule has 0 aliphatic carbocycles. The Bertz CT molecular complexity index is 937. The molecule has 22 heavy (non-hydrogen) atoms. The largest absolute Gasteiger partial charge is 0.319 e. The first-order valence-corrected chi connectivity index (χ1v) is 7.05. The molecule has 3 rings (SSSR count). The molecule has 110 valence electrons. The van der Waals surface area contributed by atoms with Gasteiger partial charge in [0.25, 0.3) is 5.91 Å². The molecule has 1 heterocycles. The van der Waals surface area contributed by atoms with E-state index in [9.17, 15) is 9.59 Å². The molecule has 0 spiro atoms. The number of nitrogens with one attached hydrogen (secondary N) is 2. The number of para-hydroxylation sites is 1. The van der Waals surface area contributed by atoms with Gasteiger partial charge in [0, 0.05) is 5.02 Å². The first-order valence-electron chi connectivity index (χ1n) is 6.30. The van der Waals surface area contributed by atoms with Gasteiger partial charge in [0.1, 0.15) is 0 Å². The van der Waals surface area contributed by atoms with Crippen LogP contribution in [0.4, 0.5) is 5.69 Å². The number of halogens is 2. The third-order valence-electron chi connectivity index (χ3n) is 3.07. The first-order chi connectivity index (χ1) is 10.6. The summed E-state index contributed by atoms with van der Waals surface area (Å²) in [6, 6.07) is 11.5. The lowest BCUT2D eigenvalue weighted by atomic mass is 10.2. The van der Waals surface area contributed by atoms with Gasteiger partial charge >= 0.3 is 0 Å². The van der Waals surface area contributed by atoms with E-state index in [2.05, 4.69) is 15.5 Å². The van der Waals surface area contributed by atoms with Crippen molar-refractivity contribution >= 4 is 45.7 Å². The Balaban J connectivity index is 2.03. The Morgan fingerprint density at radius 2 is 1.91 bits per heavy atom. The fraction of sp³-hybridized carbons (Fsp3) is 0. The Morgan fingerprint density at radius 1 is 1.14 bits per heavy atom. The van der Waals surface area contributed by atoms with Crippen molar-refractivity contribution in [2.24, 2.45) is 0 Å². The van der Waals surface area contributed by atoms with Crippen molar-refractivity contribution in [2.75, 3.05) is 5.32 Å². The molecule has 0 fully saturated rings. The van der Waals surface area contributed by atoms with Crippen molar-refractivity contribution in [2.45, 2.75) is 0 Å². The standard InChI is InChI=1S/C15H9Cl2N3O2/c16-8-5-6-11-9(7-8)14(21)13(20-19-11)15(22)18-12-4-2-1-3-10(12)17/h1-7H,(H,18,22)(H,19,21). The minimum absolute atomic E-state index is 0.255. The normalized spacial score (nSPS) is 10.6. The molecule has 7 heteroatoms. The number of carbonyl (C=O) groups is 1. The van der Waals surface area contributed by atoms with E-state index in [1.165, 1.54) is 6.07 Å². The molecule has 1 amide bonds. The number of H-pyrrole nitrogens is 1. The van der Waals surface area contributed by atoms with Gasteiger partial charge in [-0.05, 0) is 30.3 Å². The maximum absolute atomic E-state index is 12.4. The van der Waals surface area contributed by atoms with Crippen LogP contribution in [0.5, 0.6) is 0 Å². The number of aromatic amines is 1. The van der Waals surface area contributed by atoms with Crippen molar-refractivity contribution in [1.82, 2.24) is 10.2 Å². The van der Waals surface area contributed by atoms with Crippen LogP contribution in [0.3, 0.4) is 0 Å². The van der Waals surface area contributed by atoms with Crippen LogP contribution in [0.25, 0.3) is 10.9 Å². The van der Waals surface area contributed by atoms with Crippen LogP contribution in [0, 0.1) is 0 Å². The van der Waals surface area contributed by atoms with Crippen molar-refractivity contribution in [1.29, 1.82) is 0 Å². The van der Waals surface area contributed by atoms with Crippen LogP contribution in [0.15, 0.2) is 47.3 Å². The number of carbonyl (C=O) groups excluding carboxylic acids is 1. The Hall–Kier alpha value is -2.37. The fourth-order valence-corrected chi connectivity index (χ4v) is 2.35. The highest BCUT2D eigenvalue weighted by molar-refractivity contribution is 6.34. The summed E-state index contributed by atoms with van der Waals surface area (Å²) >= 11 is 11.9. The van der Waals surface area contributed by atoms with E-state index in [0.717, 1.165) is 0 Å². The number of aromatic nitrogens is 2. The molecule has 0 saturated carbocycles. The van der Waals surface area contributed by atoms with Gasteiger partial charge in [0.15, 0.2) is 5.69 Å². The quantitative estimate of drug-likeness (QED) is 0.753. The molecule has 0 aliphatic heterocycles. The van der Waals surface area contributed by atoms with E-state index < -0.39 is 11.3 Å². The molecule has 0 atom stereocenters. The topological polar surface area (TPSA) is 74.8 Å². The van der Waals surface area contributed by atoms with Gasteiger partial charge in [-0.3, -0.25) is 14.7 Å². The van der Waals surface area contributed by atoms with Crippen molar-refractivity contribution in [3.63, 3.8) is 0 Å². The maximum Gasteiger partial charge on any atom is 0.280 e. The number of rotatable bonds is 2. The van der Waals surface area contributed by atoms with Gasteiger partial charge in [-0.2, -0.15) is 5.10 Å². The number of anilines is 1. The summed E-state index contributed by atoms with van der Waals surface area (Å²) in [4.78, 5) is 24.6. The Morgan fingerprint density at radius 3 is 2.68 bits per heavy atom. The molecule has 0 saturated heterocycles. The highest BCUT2D eigenvalue weighted by Crippen LogP contribution is 2.21. The smallest absolute Gasteiger partial charge is 0.280 e. The minimum Gasteiger partial charge on any atom is -0.319 e. The molecule has 2 aromatic carbocycles. The van der Waals surface area contributed by atoms with Gasteiger partial charge in [-0.25, -0.2) is 0 Å². The number of hydrogen-bond donors (Lipinski definition) is 2. The number of nitrogens with zero attached hydrogens (tertiary/aromatic N) is 1. The lowest BCUT2D eigenvalue weighted by Crippen LogP contribution is -2.24. The van der Waals surface area contributed by atoms with Gasteiger partial charge in [-0.15, -0.1) is 0 Å². The highest BCUT2D eigenvalue weighted by Gasteiger charge is 2.16. The number of fused-ring (bicyclic) bond motifs is 1. The van der Waals surface area contributed by atoms with E-state index in [1.807, 2.05) is 0 Å². The second-order valence-electron chi connectivity index (χ2n) is 4.53. The van der Waals surface area contributed by atoms with Crippen molar-refractivity contribution in [3.8, 4) is 0 Å². The fourth-order valence-electron chi connectivity index (χ4n) is 1.99. The molecule has 0 radical (unpaired) electrons. The minimum atomic E-state index is -0.642. The predicted molar refractivity (Wildman–Crippen MR) is 86.8 cm³/mol. The van der Waals surface area contributed by atoms with Crippen LogP contribution >= 0.6 is 23.2 Å². The Kier molecular flexibility index (Phi) is 3.83. The average molecular weight is 334 g/mol. The highest BCUT2D eigenvalue weighted by atomic mass is 35.5. The molecule has 0 bridgehead atoms. The Labute approximate surface area is 134 Å². The van der Waals surface area contributed by atoms with Gasteiger partial charge in [0.2, 0.25) is 5.43 Å². The summed E-state index contributed by atoms with van der Waals surface area (Å²) in [6.45, 7) is 0. The van der Waals surface area contributed by atoms with Crippen LogP contribution < -0.4 is 10.7 Å². The summed E-state index contributed by atoms with van der Waals surface area (Å²) in [5.41, 5.74) is 0.153. The van der Waals surface area contributed by atoms with Gasteiger partial charge < -0.3 is 5.32 Å². The summed E-state index contributed by atoms with van der Waals surface area (Å²) in [7, 11) is 0. The monoisotopic (exact) mass is 333 g/mol. The lowest BCUT2D eigenvalue weighted by Gasteiger charge is -2.06. The third-order valence-corrected chi connectivity index (χ3v) is 3.63. The number of benzene rings is 2. The second-order valence-corrected chi connectivity index (χ2v) is 5.37. The van der Waals surface area contributed by atoms with E-state index in [1.54, 1.807) is 36.4 Å². The molecule has 3 aromatic rings. The number of hydrogen-bond acceptors (Lipinski definition) is 3. The van der Waals surface area contributed by atoms with Crippen LogP contribution in [0.1, 0.15) is 10.5 Å². The molecule has 1 aromatic heterocycles. The summed E-state index contributed by atoms with van der Waals surface area (Å²) < 4.78 is 0. The van der Waals surface area contributed by atoms with Gasteiger partial charge in [0.05, 0.1) is 21.6 Å². The predicted octanol–water partition coefficient (Wildman–Crippen LogP) is 3.48. The zero-order valence-corrected chi connectivity index (χ0v) is 12.6. The molecule has 2 N–H and O–H groups in total. The van der Waals surface area contributed by atoms with E-state index in [-0.39, 0.29) is 5.69 Å². The zero-order valence-electron chi connectivity index (χ0n) is 11.1. The van der Waals surface area contributed by atoms with E-state index in [4.69, 9.17) is 23.2 Å². The zero-order chi connectivity index (χ0) is 15.7. The summed E-state index contributed by atoms with van der Waals surface area (Å²) in [6.07, 6.45) is 0. The average Bonchev–Trinajstić information content (AvgIpc) is 2.50. The van der Waals surface area contributed by atoms with E-state index >= 15 is 0 Å². The molecular weight excluding hydrogens is 325 g/mol. The van der Waals surface area contributed by atoms with Crippen LogP contribution in [-0.4, -0.2) is 16.1 Å². The SMILES string of the molecule is O=C(Nc1ccccc1Cl)c1n[nH]c2ccc(Cl)cc2c1=O. The third kappa shape index (κ3) is 2.68. The maximum atomic E-state index is 12.4. The lowest BCUT2D eigenvalue weighted by molar-refractivity contribution is 0.102. The van der Waals surface area contributed by atoms with Crippen molar-refractivity contribution < 1.29 is 4.79 Å².